The summed E-state index contributed by atoms with van der Waals surface area (Å²) in [6.45, 7) is 4.84. The number of halogens is 3. The average Bonchev–Trinajstić information content (AvgIpc) is 2.87. The van der Waals surface area contributed by atoms with Gasteiger partial charge in [0.25, 0.3) is 5.82 Å². The molecule has 0 spiro atoms. The van der Waals surface area contributed by atoms with E-state index in [1.807, 2.05) is 0 Å². The van der Waals surface area contributed by atoms with E-state index in [9.17, 15) is 13.2 Å². The Morgan fingerprint density at radius 3 is 2.58 bits per heavy atom. The smallest absolute Gasteiger partial charge is 0.453 e. The van der Waals surface area contributed by atoms with Gasteiger partial charge in [0.1, 0.15) is 5.75 Å². The van der Waals surface area contributed by atoms with E-state index < -0.39 is 12.0 Å². The molecule has 0 radical (unpaired) electrons. The summed E-state index contributed by atoms with van der Waals surface area (Å²) in [7, 11) is 0. The molecular formula is C15H17F3N4OS. The molecule has 2 rings (SSSR count). The average molecular weight is 358 g/mol. The highest BCUT2D eigenvalue weighted by Crippen LogP contribution is 2.27. The number of nitrogens with one attached hydrogen (secondary N) is 1. The molecule has 1 N–H and O–H groups in total. The van der Waals surface area contributed by atoms with Gasteiger partial charge in [0, 0.05) is 0 Å². The zero-order valence-corrected chi connectivity index (χ0v) is 14.0. The second kappa shape index (κ2) is 7.61. The molecule has 0 aliphatic heterocycles. The van der Waals surface area contributed by atoms with Gasteiger partial charge < -0.3 is 4.74 Å². The minimum atomic E-state index is -4.64. The van der Waals surface area contributed by atoms with Crippen LogP contribution in [0.4, 0.5) is 13.2 Å². The monoisotopic (exact) mass is 358 g/mol. The van der Waals surface area contributed by atoms with E-state index in [0.29, 0.717) is 28.5 Å². The lowest BCUT2D eigenvalue weighted by Crippen LogP contribution is -2.12. The Balaban J connectivity index is 2.08. The van der Waals surface area contributed by atoms with Gasteiger partial charge in [0.15, 0.2) is 0 Å². The van der Waals surface area contributed by atoms with E-state index in [1.54, 1.807) is 24.3 Å². The van der Waals surface area contributed by atoms with E-state index in [4.69, 9.17) is 17.0 Å². The van der Waals surface area contributed by atoms with Gasteiger partial charge in [-0.2, -0.15) is 22.9 Å². The number of hydrogen-bond donors (Lipinski definition) is 1. The SMILES string of the molecule is CC(C)CCOc1ccc(/C=N\n2c(C(F)(F)F)n[nH]c2=S)cc1. The van der Waals surface area contributed by atoms with E-state index in [-0.39, 0.29) is 4.77 Å². The largest absolute Gasteiger partial charge is 0.494 e. The first-order chi connectivity index (χ1) is 11.3. The van der Waals surface area contributed by atoms with Crippen molar-refractivity contribution in [1.82, 2.24) is 14.9 Å². The van der Waals surface area contributed by atoms with Crippen molar-refractivity contribution in [3.8, 4) is 5.75 Å². The van der Waals surface area contributed by atoms with Crippen molar-refractivity contribution in [3.63, 3.8) is 0 Å². The lowest BCUT2D eigenvalue weighted by atomic mass is 10.1. The fourth-order valence-corrected chi connectivity index (χ4v) is 1.95. The summed E-state index contributed by atoms with van der Waals surface area (Å²) in [5.41, 5.74) is 0.613. The highest BCUT2D eigenvalue weighted by molar-refractivity contribution is 7.71. The molecule has 0 saturated carbocycles. The zero-order valence-electron chi connectivity index (χ0n) is 13.2. The normalized spacial score (nSPS) is 12.2. The molecule has 24 heavy (non-hydrogen) atoms. The van der Waals surface area contributed by atoms with Gasteiger partial charge in [-0.15, -0.1) is 5.10 Å². The Labute approximate surface area is 142 Å². The van der Waals surface area contributed by atoms with Gasteiger partial charge in [-0.05, 0) is 54.4 Å². The minimum absolute atomic E-state index is 0.229. The molecule has 0 atom stereocenters. The van der Waals surface area contributed by atoms with Crippen molar-refractivity contribution in [1.29, 1.82) is 0 Å². The molecule has 1 aromatic carbocycles. The molecule has 0 aliphatic rings. The van der Waals surface area contributed by atoms with Crippen molar-refractivity contribution in [2.24, 2.45) is 11.0 Å². The predicted molar refractivity (Wildman–Crippen MR) is 86.8 cm³/mol. The highest BCUT2D eigenvalue weighted by atomic mass is 32.1. The van der Waals surface area contributed by atoms with Crippen molar-refractivity contribution in [2.45, 2.75) is 26.4 Å². The summed E-state index contributed by atoms with van der Waals surface area (Å²) >= 11 is 4.76. The molecule has 0 aliphatic carbocycles. The van der Waals surface area contributed by atoms with Crippen molar-refractivity contribution < 1.29 is 17.9 Å². The first-order valence-electron chi connectivity index (χ1n) is 7.29. The number of aromatic nitrogens is 3. The van der Waals surface area contributed by atoms with Crippen molar-refractivity contribution >= 4 is 18.4 Å². The fraction of sp³-hybridized carbons (Fsp3) is 0.400. The lowest BCUT2D eigenvalue weighted by molar-refractivity contribution is -0.147. The van der Waals surface area contributed by atoms with Crippen LogP contribution in [0.25, 0.3) is 0 Å². The Hall–Kier alpha value is -2.16. The molecule has 0 amide bonds. The van der Waals surface area contributed by atoms with Crippen LogP contribution in [0, 0.1) is 10.7 Å². The Bertz CT molecular complexity index is 747. The van der Waals surface area contributed by atoms with Gasteiger partial charge in [-0.3, -0.25) is 0 Å². The van der Waals surface area contributed by atoms with Gasteiger partial charge in [0.05, 0.1) is 12.8 Å². The summed E-state index contributed by atoms with van der Waals surface area (Å²) in [4.78, 5) is 0. The summed E-state index contributed by atoms with van der Waals surface area (Å²) in [5.74, 6) is 0.0555. The second-order valence-electron chi connectivity index (χ2n) is 5.51. The first-order valence-corrected chi connectivity index (χ1v) is 7.70. The van der Waals surface area contributed by atoms with Crippen LogP contribution in [0.1, 0.15) is 31.7 Å². The van der Waals surface area contributed by atoms with Crippen LogP contribution in [0.3, 0.4) is 0 Å². The van der Waals surface area contributed by atoms with Crippen LogP contribution in [0.2, 0.25) is 0 Å². The summed E-state index contributed by atoms with van der Waals surface area (Å²) < 4.78 is 44.2. The van der Waals surface area contributed by atoms with Crippen molar-refractivity contribution in [3.05, 3.63) is 40.4 Å². The quantitative estimate of drug-likeness (QED) is 0.620. The molecule has 5 nitrogen and oxygen atoms in total. The van der Waals surface area contributed by atoms with E-state index >= 15 is 0 Å². The number of aromatic amines is 1. The molecule has 0 unspecified atom stereocenters. The zero-order chi connectivity index (χ0) is 17.7. The topological polar surface area (TPSA) is 55.2 Å². The highest BCUT2D eigenvalue weighted by Gasteiger charge is 2.37. The molecule has 1 heterocycles. The molecule has 2 aromatic rings. The van der Waals surface area contributed by atoms with Gasteiger partial charge >= 0.3 is 6.18 Å². The number of benzene rings is 1. The number of rotatable bonds is 6. The summed E-state index contributed by atoms with van der Waals surface area (Å²) in [5, 5.41) is 8.98. The number of nitrogens with zero attached hydrogens (tertiary/aromatic N) is 3. The Morgan fingerprint density at radius 2 is 2.00 bits per heavy atom. The lowest BCUT2D eigenvalue weighted by Gasteiger charge is -2.08. The Morgan fingerprint density at radius 1 is 1.33 bits per heavy atom. The number of alkyl halides is 3. The maximum Gasteiger partial charge on any atom is 0.453 e. The maximum atomic E-state index is 12.8. The first kappa shape index (κ1) is 18.2. The molecule has 0 saturated heterocycles. The summed E-state index contributed by atoms with van der Waals surface area (Å²) in [6.07, 6.45) is -2.42. The van der Waals surface area contributed by atoms with E-state index in [1.165, 1.54) is 6.21 Å². The van der Waals surface area contributed by atoms with Gasteiger partial charge in [-0.1, -0.05) is 13.8 Å². The number of H-pyrrole nitrogens is 1. The van der Waals surface area contributed by atoms with Crippen LogP contribution >= 0.6 is 12.2 Å². The predicted octanol–water partition coefficient (Wildman–Crippen LogP) is 4.27. The Kier molecular flexibility index (Phi) is 5.76. The third-order valence-corrected chi connectivity index (χ3v) is 3.33. The summed E-state index contributed by atoms with van der Waals surface area (Å²) in [6, 6.07) is 6.87. The molecule has 0 fully saturated rings. The van der Waals surface area contributed by atoms with Gasteiger partial charge in [0.2, 0.25) is 4.77 Å². The van der Waals surface area contributed by atoms with Crippen LogP contribution < -0.4 is 4.74 Å². The third-order valence-electron chi connectivity index (χ3n) is 3.07. The second-order valence-corrected chi connectivity index (χ2v) is 5.89. The van der Waals surface area contributed by atoms with E-state index in [0.717, 1.165) is 6.42 Å². The molecule has 9 heteroatoms. The molecular weight excluding hydrogens is 341 g/mol. The molecule has 0 bridgehead atoms. The van der Waals surface area contributed by atoms with Crippen LogP contribution in [0.15, 0.2) is 29.4 Å². The number of hydrogen-bond acceptors (Lipinski definition) is 4. The van der Waals surface area contributed by atoms with Crippen LogP contribution in [-0.4, -0.2) is 27.7 Å². The molecule has 1 aromatic heterocycles. The third kappa shape index (κ3) is 4.92. The van der Waals surface area contributed by atoms with Crippen molar-refractivity contribution in [2.75, 3.05) is 6.61 Å². The van der Waals surface area contributed by atoms with Gasteiger partial charge in [-0.25, -0.2) is 5.10 Å². The standard InChI is InChI=1S/C15H17F3N4OS/c1-10(2)7-8-23-12-5-3-11(4-6-12)9-19-22-13(15(16,17)18)20-21-14(22)24/h3-6,9-10H,7-8H2,1-2H3,(H,21,24)/b19-9-. The fourth-order valence-electron chi connectivity index (χ4n) is 1.77. The number of ether oxygens (including phenoxy) is 1. The minimum Gasteiger partial charge on any atom is -0.494 e. The maximum absolute atomic E-state index is 12.8. The van der Waals surface area contributed by atoms with Crippen LogP contribution in [-0.2, 0) is 6.18 Å². The molecule has 130 valence electrons. The van der Waals surface area contributed by atoms with E-state index in [2.05, 4.69) is 29.1 Å². The van der Waals surface area contributed by atoms with Crippen LogP contribution in [0.5, 0.6) is 5.75 Å².